The quantitative estimate of drug-likeness (QED) is 0.354. The van der Waals surface area contributed by atoms with Crippen molar-refractivity contribution in [3.05, 3.63) is 0 Å². The molecule has 0 bridgehead atoms. The van der Waals surface area contributed by atoms with E-state index in [1.165, 1.54) is 0 Å². The molecule has 0 saturated carbocycles. The van der Waals surface area contributed by atoms with Gasteiger partial charge in [-0.3, -0.25) is 15.4 Å². The first-order chi connectivity index (χ1) is 4.79. The normalized spacial score (nSPS) is 18.1. The molecule has 1 heterocycles. The lowest BCUT2D eigenvalue weighted by Crippen LogP contribution is -2.47. The number of hydrazine groups is 1. The van der Waals surface area contributed by atoms with E-state index in [-0.39, 0.29) is 5.34 Å². The summed E-state index contributed by atoms with van der Waals surface area (Å²) < 4.78 is 0. The fourth-order valence-corrected chi connectivity index (χ4v) is 0.702. The molecule has 10 heavy (non-hydrogen) atoms. The van der Waals surface area contributed by atoms with Crippen molar-refractivity contribution in [1.29, 1.82) is 0 Å². The maximum atomic E-state index is 8.26. The average molecular weight is 146 g/mol. The Labute approximate surface area is 58.0 Å². The van der Waals surface area contributed by atoms with Crippen molar-refractivity contribution in [3.63, 3.8) is 0 Å². The minimum Gasteiger partial charge on any atom is -0.355 e. The van der Waals surface area contributed by atoms with Crippen LogP contribution >= 0.6 is 0 Å². The van der Waals surface area contributed by atoms with Gasteiger partial charge in [0.05, 0.1) is 0 Å². The summed E-state index contributed by atoms with van der Waals surface area (Å²) >= 11 is 0. The highest BCUT2D eigenvalue weighted by Gasteiger charge is 2.03. The fourth-order valence-electron chi connectivity index (χ4n) is 0.702. The molecule has 0 amide bonds. The first kappa shape index (κ1) is 7.26. The van der Waals surface area contributed by atoms with E-state index < -0.39 is 0 Å². The Morgan fingerprint density at radius 3 is 2.90 bits per heavy atom. The van der Waals surface area contributed by atoms with Gasteiger partial charge in [0.25, 0.3) is 0 Å². The predicted octanol–water partition coefficient (Wildman–Crippen LogP) is -1.08. The van der Waals surface area contributed by atoms with Gasteiger partial charge in [0.2, 0.25) is 5.96 Å². The van der Waals surface area contributed by atoms with Crippen LogP contribution in [0.25, 0.3) is 0 Å². The van der Waals surface area contributed by atoms with Crippen LogP contribution in [0.1, 0.15) is 6.42 Å². The number of nitrogens with one attached hydrogen (secondary N) is 2. The van der Waals surface area contributed by atoms with Gasteiger partial charge in [-0.05, 0) is 6.42 Å². The molecule has 0 aliphatic carbocycles. The van der Waals surface area contributed by atoms with Crippen LogP contribution in [0.4, 0.5) is 0 Å². The maximum Gasteiger partial charge on any atom is 0.209 e. The molecule has 0 unspecified atom stereocenters. The summed E-state index contributed by atoms with van der Waals surface area (Å²) in [5, 5.41) is 19.2. The monoisotopic (exact) mass is 146 g/mol. The summed E-state index contributed by atoms with van der Waals surface area (Å²) in [5.41, 5.74) is 2.16. The number of nitrogens with zero attached hydrogens (tertiary/aromatic N) is 2. The SMILES string of the molecule is ON(O)NC1=NCCCN1. The van der Waals surface area contributed by atoms with Crippen LogP contribution < -0.4 is 10.7 Å². The molecule has 0 atom stereocenters. The molecule has 1 rings (SSSR count). The second-order valence-corrected chi connectivity index (χ2v) is 1.91. The van der Waals surface area contributed by atoms with E-state index in [1.807, 2.05) is 0 Å². The van der Waals surface area contributed by atoms with Crippen molar-refractivity contribution in [2.24, 2.45) is 4.99 Å². The van der Waals surface area contributed by atoms with Crippen molar-refractivity contribution in [2.45, 2.75) is 6.42 Å². The fraction of sp³-hybridized carbons (Fsp3) is 0.750. The lowest BCUT2D eigenvalue weighted by molar-refractivity contribution is -0.329. The van der Waals surface area contributed by atoms with Crippen LogP contribution in [-0.2, 0) is 0 Å². The number of hydrogen-bond acceptors (Lipinski definition) is 6. The molecular formula is C4H10N4O2. The van der Waals surface area contributed by atoms with E-state index in [2.05, 4.69) is 15.7 Å². The molecule has 1 aliphatic heterocycles. The maximum absolute atomic E-state index is 8.26. The molecule has 6 heteroatoms. The highest BCUT2D eigenvalue weighted by atomic mass is 16.8. The number of rotatable bonds is 1. The summed E-state index contributed by atoms with van der Waals surface area (Å²) in [6.45, 7) is 1.52. The Hall–Kier alpha value is -0.850. The highest BCUT2D eigenvalue weighted by Crippen LogP contribution is 1.86. The third-order valence-corrected chi connectivity index (χ3v) is 1.10. The van der Waals surface area contributed by atoms with Gasteiger partial charge in [0.1, 0.15) is 0 Å². The molecular weight excluding hydrogens is 136 g/mol. The molecule has 0 fully saturated rings. The molecule has 0 saturated heterocycles. The van der Waals surface area contributed by atoms with E-state index in [1.54, 1.807) is 0 Å². The van der Waals surface area contributed by atoms with Crippen molar-refractivity contribution in [2.75, 3.05) is 13.1 Å². The van der Waals surface area contributed by atoms with Crippen molar-refractivity contribution in [1.82, 2.24) is 16.1 Å². The molecule has 0 aromatic heterocycles. The second kappa shape index (κ2) is 3.35. The molecule has 0 aromatic rings. The Kier molecular flexibility index (Phi) is 2.43. The molecule has 4 N–H and O–H groups in total. The van der Waals surface area contributed by atoms with Gasteiger partial charge < -0.3 is 5.32 Å². The second-order valence-electron chi connectivity index (χ2n) is 1.91. The Bertz CT molecular complexity index is 135. The molecule has 58 valence electrons. The van der Waals surface area contributed by atoms with Gasteiger partial charge in [0, 0.05) is 18.4 Å². The number of hydrogen-bond donors (Lipinski definition) is 4. The standard InChI is InChI=1S/C4H10N4O2/c9-8(10)7-4-5-2-1-3-6-4/h9-10H,1-3H2,(H2,5,6,7). The lowest BCUT2D eigenvalue weighted by atomic mass is 10.4. The third-order valence-electron chi connectivity index (χ3n) is 1.10. The van der Waals surface area contributed by atoms with E-state index in [0.29, 0.717) is 12.5 Å². The summed E-state index contributed by atoms with van der Waals surface area (Å²) in [6.07, 6.45) is 0.974. The van der Waals surface area contributed by atoms with Gasteiger partial charge in [-0.25, -0.2) is 5.43 Å². The lowest BCUT2D eigenvalue weighted by Gasteiger charge is -2.16. The number of aliphatic imine (C=N–C) groups is 1. The molecule has 0 spiro atoms. The van der Waals surface area contributed by atoms with E-state index >= 15 is 0 Å². The van der Waals surface area contributed by atoms with Crippen LogP contribution in [0.2, 0.25) is 0 Å². The molecule has 0 aromatic carbocycles. The zero-order valence-corrected chi connectivity index (χ0v) is 5.41. The topological polar surface area (TPSA) is 80.1 Å². The Balaban J connectivity index is 2.31. The van der Waals surface area contributed by atoms with E-state index in [0.717, 1.165) is 13.0 Å². The minimum atomic E-state index is -0.128. The summed E-state index contributed by atoms with van der Waals surface area (Å²) in [5.74, 6) is 0.385. The van der Waals surface area contributed by atoms with Gasteiger partial charge in [-0.1, -0.05) is 0 Å². The minimum absolute atomic E-state index is 0.128. The highest BCUT2D eigenvalue weighted by molar-refractivity contribution is 5.79. The van der Waals surface area contributed by atoms with Gasteiger partial charge >= 0.3 is 0 Å². The van der Waals surface area contributed by atoms with Crippen LogP contribution in [0, 0.1) is 0 Å². The molecule has 0 radical (unpaired) electrons. The summed E-state index contributed by atoms with van der Waals surface area (Å²) in [7, 11) is 0. The van der Waals surface area contributed by atoms with Crippen molar-refractivity contribution in [3.8, 4) is 0 Å². The van der Waals surface area contributed by atoms with Gasteiger partial charge in [0.15, 0.2) is 0 Å². The first-order valence-electron chi connectivity index (χ1n) is 3.02. The largest absolute Gasteiger partial charge is 0.355 e. The van der Waals surface area contributed by atoms with Crippen LogP contribution in [-0.4, -0.2) is 34.8 Å². The molecule has 1 aliphatic rings. The third kappa shape index (κ3) is 2.18. The van der Waals surface area contributed by atoms with Crippen LogP contribution in [0.5, 0.6) is 0 Å². The van der Waals surface area contributed by atoms with Crippen LogP contribution in [0.3, 0.4) is 0 Å². The first-order valence-corrected chi connectivity index (χ1v) is 3.02. The van der Waals surface area contributed by atoms with Crippen LogP contribution in [0.15, 0.2) is 4.99 Å². The summed E-state index contributed by atoms with van der Waals surface area (Å²) in [4.78, 5) is 3.90. The summed E-state index contributed by atoms with van der Waals surface area (Å²) in [6, 6.07) is 0. The smallest absolute Gasteiger partial charge is 0.209 e. The zero-order valence-electron chi connectivity index (χ0n) is 5.41. The van der Waals surface area contributed by atoms with Crippen molar-refractivity contribution < 1.29 is 10.4 Å². The predicted molar refractivity (Wildman–Crippen MR) is 33.5 cm³/mol. The van der Waals surface area contributed by atoms with Gasteiger partial charge in [-0.15, -0.1) is 0 Å². The van der Waals surface area contributed by atoms with E-state index in [4.69, 9.17) is 10.4 Å². The molecule has 6 nitrogen and oxygen atoms in total. The van der Waals surface area contributed by atoms with Gasteiger partial charge in [-0.2, -0.15) is 0 Å². The van der Waals surface area contributed by atoms with Crippen molar-refractivity contribution >= 4 is 5.96 Å². The van der Waals surface area contributed by atoms with E-state index in [9.17, 15) is 0 Å². The Morgan fingerprint density at radius 2 is 2.40 bits per heavy atom. The average Bonchev–Trinajstić information content (AvgIpc) is 1.88. The Morgan fingerprint density at radius 1 is 1.60 bits per heavy atom. The zero-order chi connectivity index (χ0) is 7.40. The number of guanidine groups is 1.